The van der Waals surface area contributed by atoms with Gasteiger partial charge in [-0.3, -0.25) is 0 Å². The Hall–Kier alpha value is -1.89. The van der Waals surface area contributed by atoms with Gasteiger partial charge in [0.1, 0.15) is 17.2 Å². The Morgan fingerprint density at radius 3 is 2.85 bits per heavy atom. The largest absolute Gasteiger partial charge is 0.359 e. The van der Waals surface area contributed by atoms with Crippen LogP contribution in [0.1, 0.15) is 36.0 Å². The number of aryl methyl sites for hydroxylation is 2. The normalized spacial score (nSPS) is 20.4. The Morgan fingerprint density at radius 2 is 2.20 bits per heavy atom. The maximum Gasteiger partial charge on any atom is 0.348 e. The summed E-state index contributed by atoms with van der Waals surface area (Å²) in [6.45, 7) is 5.65. The van der Waals surface area contributed by atoms with Gasteiger partial charge in [-0.05, 0) is 40.3 Å². The van der Waals surface area contributed by atoms with Crippen molar-refractivity contribution in [2.24, 2.45) is 0 Å². The van der Waals surface area contributed by atoms with E-state index >= 15 is 0 Å². The molecule has 3 heterocycles. The van der Waals surface area contributed by atoms with Crippen LogP contribution in [0, 0.1) is 13.8 Å². The Morgan fingerprint density at radius 1 is 1.40 bits per heavy atom. The van der Waals surface area contributed by atoms with Crippen molar-refractivity contribution >= 4 is 0 Å². The van der Waals surface area contributed by atoms with E-state index in [0.29, 0.717) is 17.1 Å². The smallest absolute Gasteiger partial charge is 0.348 e. The highest BCUT2D eigenvalue weighted by atomic mass is 16.5. The zero-order valence-electron chi connectivity index (χ0n) is 12.0. The fraction of sp³-hybridized carbons (Fsp3) is 0.615. The maximum absolute atomic E-state index is 12.1. The van der Waals surface area contributed by atoms with Crippen molar-refractivity contribution in [3.63, 3.8) is 0 Å². The van der Waals surface area contributed by atoms with E-state index in [0.717, 1.165) is 31.8 Å². The van der Waals surface area contributed by atoms with Gasteiger partial charge in [0.25, 0.3) is 0 Å². The van der Waals surface area contributed by atoms with Crippen LogP contribution in [0.2, 0.25) is 0 Å². The second-order valence-electron chi connectivity index (χ2n) is 5.50. The molecule has 7 nitrogen and oxygen atoms in total. The van der Waals surface area contributed by atoms with Crippen molar-refractivity contribution in [2.45, 2.75) is 32.6 Å². The topological polar surface area (TPSA) is 80.0 Å². The van der Waals surface area contributed by atoms with Gasteiger partial charge in [-0.1, -0.05) is 5.16 Å². The number of piperidine rings is 1. The molecule has 1 N–H and O–H groups in total. The predicted molar refractivity (Wildman–Crippen MR) is 73.2 cm³/mol. The summed E-state index contributed by atoms with van der Waals surface area (Å²) in [4.78, 5) is 14.4. The van der Waals surface area contributed by atoms with Gasteiger partial charge in [0.15, 0.2) is 5.76 Å². The van der Waals surface area contributed by atoms with Gasteiger partial charge >= 0.3 is 5.69 Å². The molecule has 1 aliphatic rings. The molecular weight excluding hydrogens is 258 g/mol. The monoisotopic (exact) mass is 277 g/mol. The maximum atomic E-state index is 12.1. The number of nitrogens with one attached hydrogen (secondary N) is 1. The average Bonchev–Trinajstić information content (AvgIpc) is 2.93. The third kappa shape index (κ3) is 2.07. The summed E-state index contributed by atoms with van der Waals surface area (Å²) in [5.74, 6) is 1.66. The first-order valence-corrected chi connectivity index (χ1v) is 6.87. The highest BCUT2D eigenvalue weighted by Crippen LogP contribution is 2.27. The number of rotatable bonds is 2. The van der Waals surface area contributed by atoms with E-state index in [1.165, 1.54) is 0 Å². The summed E-state index contributed by atoms with van der Waals surface area (Å²) in [5.41, 5.74) is 1.19. The lowest BCUT2D eigenvalue weighted by atomic mass is 9.97. The second-order valence-corrected chi connectivity index (χ2v) is 5.50. The molecule has 0 bridgehead atoms. The molecule has 20 heavy (non-hydrogen) atoms. The molecule has 0 unspecified atom stereocenters. The summed E-state index contributed by atoms with van der Waals surface area (Å²) in [5, 5.41) is 10.7. The van der Waals surface area contributed by atoms with Crippen molar-refractivity contribution in [3.05, 3.63) is 27.8 Å². The van der Waals surface area contributed by atoms with E-state index in [4.69, 9.17) is 4.52 Å². The Labute approximate surface area is 116 Å². The summed E-state index contributed by atoms with van der Waals surface area (Å²) in [7, 11) is 2.09. The molecular formula is C13H19N5O2. The molecule has 0 radical (unpaired) electrons. The number of H-pyrrole nitrogens is 1. The van der Waals surface area contributed by atoms with Crippen LogP contribution in [0.5, 0.6) is 0 Å². The molecule has 0 saturated carbocycles. The minimum Gasteiger partial charge on any atom is -0.359 e. The molecule has 0 aromatic carbocycles. The SMILES string of the molecule is Cc1noc(C)c1-n1c([C@H]2CCCN(C)C2)n[nH]c1=O. The van der Waals surface area contributed by atoms with E-state index in [9.17, 15) is 4.79 Å². The average molecular weight is 277 g/mol. The molecule has 1 fully saturated rings. The van der Waals surface area contributed by atoms with E-state index in [2.05, 4.69) is 27.3 Å². The molecule has 108 valence electrons. The van der Waals surface area contributed by atoms with Crippen LogP contribution in [0.3, 0.4) is 0 Å². The molecule has 1 atom stereocenters. The van der Waals surface area contributed by atoms with Gasteiger partial charge in [0.2, 0.25) is 0 Å². The van der Waals surface area contributed by atoms with Crippen molar-refractivity contribution in [1.82, 2.24) is 24.8 Å². The van der Waals surface area contributed by atoms with E-state index in [1.807, 2.05) is 13.8 Å². The lowest BCUT2D eigenvalue weighted by molar-refractivity contribution is 0.244. The van der Waals surface area contributed by atoms with Crippen LogP contribution in [0.15, 0.2) is 9.32 Å². The lowest BCUT2D eigenvalue weighted by Gasteiger charge is -2.28. The summed E-state index contributed by atoms with van der Waals surface area (Å²) in [6, 6.07) is 0. The highest BCUT2D eigenvalue weighted by molar-refractivity contribution is 5.39. The fourth-order valence-electron chi connectivity index (χ4n) is 2.97. The number of aromatic nitrogens is 4. The number of aromatic amines is 1. The van der Waals surface area contributed by atoms with Gasteiger partial charge < -0.3 is 9.42 Å². The van der Waals surface area contributed by atoms with Crippen LogP contribution in [-0.4, -0.2) is 45.0 Å². The number of likely N-dealkylation sites (tertiary alicyclic amines) is 1. The van der Waals surface area contributed by atoms with Gasteiger partial charge in [-0.15, -0.1) is 0 Å². The molecule has 1 saturated heterocycles. The summed E-state index contributed by atoms with van der Waals surface area (Å²) >= 11 is 0. The number of hydrogen-bond donors (Lipinski definition) is 1. The van der Waals surface area contributed by atoms with E-state index in [1.54, 1.807) is 4.57 Å². The Balaban J connectivity index is 2.08. The van der Waals surface area contributed by atoms with Crippen molar-refractivity contribution in [2.75, 3.05) is 20.1 Å². The first-order chi connectivity index (χ1) is 9.58. The summed E-state index contributed by atoms with van der Waals surface area (Å²) in [6.07, 6.45) is 2.15. The van der Waals surface area contributed by atoms with Gasteiger partial charge in [-0.25, -0.2) is 14.5 Å². The zero-order chi connectivity index (χ0) is 14.3. The van der Waals surface area contributed by atoms with Crippen LogP contribution < -0.4 is 5.69 Å². The molecule has 0 spiro atoms. The first kappa shape index (κ1) is 13.1. The standard InChI is InChI=1S/C13H19N5O2/c1-8-11(9(2)20-16-8)18-12(14-15-13(18)19)10-5-4-6-17(3)7-10/h10H,4-7H2,1-3H3,(H,15,19)/t10-/m0/s1. The third-order valence-electron chi connectivity index (χ3n) is 3.91. The van der Waals surface area contributed by atoms with Gasteiger partial charge in [0.05, 0.1) is 0 Å². The number of nitrogens with zero attached hydrogens (tertiary/aromatic N) is 4. The minimum absolute atomic E-state index is 0.234. The first-order valence-electron chi connectivity index (χ1n) is 6.87. The van der Waals surface area contributed by atoms with Crippen molar-refractivity contribution < 1.29 is 4.52 Å². The number of hydrogen-bond acceptors (Lipinski definition) is 5. The Kier molecular flexibility index (Phi) is 3.21. The van der Waals surface area contributed by atoms with Gasteiger partial charge in [0, 0.05) is 12.5 Å². The summed E-state index contributed by atoms with van der Waals surface area (Å²) < 4.78 is 6.79. The minimum atomic E-state index is -0.234. The van der Waals surface area contributed by atoms with Crippen LogP contribution in [0.25, 0.3) is 5.69 Å². The van der Waals surface area contributed by atoms with Crippen LogP contribution in [-0.2, 0) is 0 Å². The molecule has 7 heteroatoms. The molecule has 3 rings (SSSR count). The quantitative estimate of drug-likeness (QED) is 0.885. The van der Waals surface area contributed by atoms with Crippen LogP contribution in [0.4, 0.5) is 0 Å². The molecule has 2 aromatic rings. The number of likely N-dealkylation sites (N-methyl/N-ethyl adjacent to an activating group) is 1. The molecule has 0 aliphatic carbocycles. The third-order valence-corrected chi connectivity index (χ3v) is 3.91. The van der Waals surface area contributed by atoms with Crippen molar-refractivity contribution in [1.29, 1.82) is 0 Å². The van der Waals surface area contributed by atoms with E-state index < -0.39 is 0 Å². The molecule has 0 amide bonds. The molecule has 1 aliphatic heterocycles. The zero-order valence-corrected chi connectivity index (χ0v) is 12.0. The fourth-order valence-corrected chi connectivity index (χ4v) is 2.97. The Bertz CT molecular complexity index is 649. The highest BCUT2D eigenvalue weighted by Gasteiger charge is 2.27. The van der Waals surface area contributed by atoms with E-state index in [-0.39, 0.29) is 11.6 Å². The van der Waals surface area contributed by atoms with Gasteiger partial charge in [-0.2, -0.15) is 5.10 Å². The second kappa shape index (κ2) is 4.90. The predicted octanol–water partition coefficient (Wildman–Crippen LogP) is 0.975. The molecule has 2 aromatic heterocycles. The lowest BCUT2D eigenvalue weighted by Crippen LogP contribution is -2.33. The van der Waals surface area contributed by atoms with Crippen LogP contribution >= 0.6 is 0 Å². The van der Waals surface area contributed by atoms with Crippen molar-refractivity contribution in [3.8, 4) is 5.69 Å².